The van der Waals surface area contributed by atoms with Gasteiger partial charge < -0.3 is 14.8 Å². The maximum absolute atomic E-state index is 12.8. The lowest BCUT2D eigenvalue weighted by molar-refractivity contribution is -0.115. The minimum atomic E-state index is -3.89. The monoisotopic (exact) mass is 378 g/mol. The molecule has 0 spiro atoms. The Morgan fingerprint density at radius 2 is 1.62 bits per heavy atom. The Morgan fingerprint density at radius 1 is 1.00 bits per heavy atom. The van der Waals surface area contributed by atoms with Crippen LogP contribution in [-0.4, -0.2) is 28.5 Å². The van der Waals surface area contributed by atoms with Crippen molar-refractivity contribution >= 4 is 27.3 Å². The number of carbonyl (C=O) groups is 1. The van der Waals surface area contributed by atoms with Crippen molar-refractivity contribution in [3.05, 3.63) is 42.0 Å². The number of rotatable bonds is 7. The summed E-state index contributed by atoms with van der Waals surface area (Å²) in [6.07, 6.45) is 0.263. The van der Waals surface area contributed by atoms with Gasteiger partial charge in [0.15, 0.2) is 0 Å². The summed E-state index contributed by atoms with van der Waals surface area (Å²) >= 11 is 0. The van der Waals surface area contributed by atoms with Crippen LogP contribution in [0.15, 0.2) is 41.3 Å². The molecule has 0 aliphatic carbocycles. The van der Waals surface area contributed by atoms with E-state index >= 15 is 0 Å². The molecule has 0 unspecified atom stereocenters. The summed E-state index contributed by atoms with van der Waals surface area (Å²) in [5.74, 6) is 0.539. The van der Waals surface area contributed by atoms with Gasteiger partial charge >= 0.3 is 0 Å². The molecule has 2 N–H and O–H groups in total. The van der Waals surface area contributed by atoms with E-state index in [1.807, 2.05) is 13.0 Å². The van der Waals surface area contributed by atoms with Crippen LogP contribution in [0.3, 0.4) is 0 Å². The minimum absolute atomic E-state index is 0.00624. The molecule has 0 saturated carbocycles. The Kier molecular flexibility index (Phi) is 6.10. The van der Waals surface area contributed by atoms with E-state index in [0.29, 0.717) is 22.9 Å². The molecule has 0 bridgehead atoms. The lowest BCUT2D eigenvalue weighted by atomic mass is 10.2. The molecule has 2 aromatic rings. The van der Waals surface area contributed by atoms with Crippen LogP contribution < -0.4 is 19.5 Å². The number of benzene rings is 2. The van der Waals surface area contributed by atoms with Gasteiger partial charge in [-0.15, -0.1) is 0 Å². The number of nitrogens with one attached hydrogen (secondary N) is 2. The van der Waals surface area contributed by atoms with Gasteiger partial charge in [0.1, 0.15) is 11.5 Å². The summed E-state index contributed by atoms with van der Waals surface area (Å²) in [5.41, 5.74) is 1.51. The number of carbonyl (C=O) groups excluding carboxylic acids is 1. The molecule has 0 aromatic heterocycles. The summed E-state index contributed by atoms with van der Waals surface area (Å²) in [6, 6.07) is 9.45. The van der Waals surface area contributed by atoms with E-state index in [4.69, 9.17) is 9.47 Å². The van der Waals surface area contributed by atoms with E-state index in [9.17, 15) is 13.2 Å². The predicted octanol–water partition coefficient (Wildman–Crippen LogP) is 3.16. The van der Waals surface area contributed by atoms with Crippen molar-refractivity contribution in [2.75, 3.05) is 24.3 Å². The fraction of sp³-hybridized carbons (Fsp3) is 0.278. The predicted molar refractivity (Wildman–Crippen MR) is 100 cm³/mol. The average Bonchev–Trinajstić information content (AvgIpc) is 2.61. The van der Waals surface area contributed by atoms with Gasteiger partial charge in [-0.25, -0.2) is 8.42 Å². The van der Waals surface area contributed by atoms with E-state index in [0.717, 1.165) is 5.56 Å². The molecule has 0 saturated heterocycles. The summed E-state index contributed by atoms with van der Waals surface area (Å²) in [7, 11) is -0.978. The first-order valence-corrected chi connectivity index (χ1v) is 9.44. The van der Waals surface area contributed by atoms with Crippen LogP contribution in [0.4, 0.5) is 11.4 Å². The Balaban J connectivity index is 2.41. The molecule has 0 radical (unpaired) electrons. The van der Waals surface area contributed by atoms with Crippen LogP contribution in [0.25, 0.3) is 0 Å². The number of ether oxygens (including phenoxy) is 2. The zero-order valence-electron chi connectivity index (χ0n) is 15.1. The lowest BCUT2D eigenvalue weighted by Gasteiger charge is -2.15. The van der Waals surface area contributed by atoms with Crippen molar-refractivity contribution < 1.29 is 22.7 Å². The second kappa shape index (κ2) is 8.09. The highest BCUT2D eigenvalue weighted by Crippen LogP contribution is 2.31. The third-order valence-electron chi connectivity index (χ3n) is 3.68. The average molecular weight is 378 g/mol. The third-order valence-corrected chi connectivity index (χ3v) is 5.04. The molecule has 0 fully saturated rings. The number of aryl methyl sites for hydroxylation is 1. The standard InChI is InChI=1S/C18H22N2O5S/c1-5-18(21)19-14-11-13(7-9-16(14)24-3)26(22,23)20-15-10-12(2)6-8-17(15)25-4/h6-11,20H,5H2,1-4H3,(H,19,21). The highest BCUT2D eigenvalue weighted by molar-refractivity contribution is 7.92. The SMILES string of the molecule is CCC(=O)Nc1cc(S(=O)(=O)Nc2cc(C)ccc2OC)ccc1OC. The number of anilines is 2. The smallest absolute Gasteiger partial charge is 0.262 e. The van der Waals surface area contributed by atoms with E-state index in [2.05, 4.69) is 10.0 Å². The molecular weight excluding hydrogens is 356 g/mol. The van der Waals surface area contributed by atoms with E-state index in [-0.39, 0.29) is 17.2 Å². The molecule has 0 aliphatic heterocycles. The topological polar surface area (TPSA) is 93.7 Å². The van der Waals surface area contributed by atoms with Crippen LogP contribution in [0.2, 0.25) is 0 Å². The quantitative estimate of drug-likeness (QED) is 0.772. The van der Waals surface area contributed by atoms with Gasteiger partial charge in [-0.05, 0) is 42.8 Å². The molecule has 2 aromatic carbocycles. The van der Waals surface area contributed by atoms with Crippen LogP contribution in [0.1, 0.15) is 18.9 Å². The Bertz CT molecular complexity index is 910. The van der Waals surface area contributed by atoms with E-state index < -0.39 is 10.0 Å². The highest BCUT2D eigenvalue weighted by Gasteiger charge is 2.19. The van der Waals surface area contributed by atoms with Crippen LogP contribution in [0, 0.1) is 6.92 Å². The number of hydrogen-bond acceptors (Lipinski definition) is 5. The molecule has 0 heterocycles. The maximum Gasteiger partial charge on any atom is 0.262 e. The van der Waals surface area contributed by atoms with Crippen molar-refractivity contribution in [2.24, 2.45) is 0 Å². The third kappa shape index (κ3) is 4.45. The summed E-state index contributed by atoms with van der Waals surface area (Å²) in [6.45, 7) is 3.55. The number of methoxy groups -OCH3 is 2. The summed E-state index contributed by atoms with van der Waals surface area (Å²) in [5, 5.41) is 2.64. The molecule has 2 rings (SSSR count). The highest BCUT2D eigenvalue weighted by atomic mass is 32.2. The van der Waals surface area contributed by atoms with Crippen molar-refractivity contribution in [2.45, 2.75) is 25.2 Å². The van der Waals surface area contributed by atoms with Crippen molar-refractivity contribution in [1.82, 2.24) is 0 Å². The van der Waals surface area contributed by atoms with Crippen molar-refractivity contribution in [3.63, 3.8) is 0 Å². The first-order chi connectivity index (χ1) is 12.3. The van der Waals surface area contributed by atoms with Gasteiger partial charge in [-0.2, -0.15) is 0 Å². The number of amides is 1. The largest absolute Gasteiger partial charge is 0.495 e. The molecule has 0 atom stereocenters. The first kappa shape index (κ1) is 19.6. The van der Waals surface area contributed by atoms with Gasteiger partial charge in [-0.3, -0.25) is 9.52 Å². The Hall–Kier alpha value is -2.74. The summed E-state index contributed by atoms with van der Waals surface area (Å²) in [4.78, 5) is 11.7. The minimum Gasteiger partial charge on any atom is -0.495 e. The van der Waals surface area contributed by atoms with Gasteiger partial charge in [0.2, 0.25) is 5.91 Å². The van der Waals surface area contributed by atoms with Gasteiger partial charge in [0.05, 0.1) is 30.5 Å². The molecular formula is C18H22N2O5S. The second-order valence-corrected chi connectivity index (χ2v) is 7.26. The zero-order chi connectivity index (χ0) is 19.3. The number of sulfonamides is 1. The molecule has 1 amide bonds. The second-order valence-electron chi connectivity index (χ2n) is 5.57. The van der Waals surface area contributed by atoms with Gasteiger partial charge in [-0.1, -0.05) is 13.0 Å². The summed E-state index contributed by atoms with van der Waals surface area (Å²) < 4.78 is 38.4. The maximum atomic E-state index is 12.8. The van der Waals surface area contributed by atoms with Gasteiger partial charge in [0.25, 0.3) is 10.0 Å². The first-order valence-electron chi connectivity index (χ1n) is 7.96. The molecule has 0 aliphatic rings. The van der Waals surface area contributed by atoms with E-state index in [1.165, 1.54) is 32.4 Å². The molecule has 8 heteroatoms. The molecule has 140 valence electrons. The fourth-order valence-electron chi connectivity index (χ4n) is 2.30. The molecule has 7 nitrogen and oxygen atoms in total. The van der Waals surface area contributed by atoms with Gasteiger partial charge in [0, 0.05) is 6.42 Å². The zero-order valence-corrected chi connectivity index (χ0v) is 15.9. The molecule has 26 heavy (non-hydrogen) atoms. The Labute approximate surface area is 153 Å². The lowest BCUT2D eigenvalue weighted by Crippen LogP contribution is -2.15. The van der Waals surface area contributed by atoms with E-state index in [1.54, 1.807) is 19.1 Å². The fourth-order valence-corrected chi connectivity index (χ4v) is 3.38. The van der Waals surface area contributed by atoms with Crippen LogP contribution >= 0.6 is 0 Å². The van der Waals surface area contributed by atoms with Crippen molar-refractivity contribution in [3.8, 4) is 11.5 Å². The van der Waals surface area contributed by atoms with Crippen molar-refractivity contribution in [1.29, 1.82) is 0 Å². The normalized spacial score (nSPS) is 10.9. The Morgan fingerprint density at radius 3 is 2.23 bits per heavy atom. The van der Waals surface area contributed by atoms with Crippen LogP contribution in [-0.2, 0) is 14.8 Å². The van der Waals surface area contributed by atoms with Crippen LogP contribution in [0.5, 0.6) is 11.5 Å². The number of hydrogen-bond donors (Lipinski definition) is 2.